The van der Waals surface area contributed by atoms with Crippen LogP contribution in [0, 0.1) is 6.92 Å². The molecule has 0 bridgehead atoms. The third-order valence-electron chi connectivity index (χ3n) is 4.45. The van der Waals surface area contributed by atoms with Crippen LogP contribution < -0.4 is 0 Å². The number of nitrogens with zero attached hydrogens (tertiary/aromatic N) is 2. The minimum Gasteiger partial charge on any atom is -0.358 e. The molecule has 0 saturated heterocycles. The molecule has 0 fully saturated rings. The molecule has 0 aromatic heterocycles. The molecule has 0 unspecified atom stereocenters. The zero-order valence-corrected chi connectivity index (χ0v) is 16.9. The van der Waals surface area contributed by atoms with Gasteiger partial charge in [-0.25, -0.2) is 0 Å². The first-order chi connectivity index (χ1) is 13.4. The van der Waals surface area contributed by atoms with E-state index in [9.17, 15) is 8.42 Å². The van der Waals surface area contributed by atoms with E-state index < -0.39 is 10.0 Å². The highest BCUT2D eigenvalue weighted by molar-refractivity contribution is 7.90. The lowest BCUT2D eigenvalue weighted by molar-refractivity contribution is 0.492. The van der Waals surface area contributed by atoms with Crippen molar-refractivity contribution < 1.29 is 8.42 Å². The largest absolute Gasteiger partial charge is 0.358 e. The fraction of sp³-hybridized carbons (Fsp3) is 0.174. The van der Waals surface area contributed by atoms with E-state index in [2.05, 4.69) is 4.40 Å². The van der Waals surface area contributed by atoms with Gasteiger partial charge in [0.1, 0.15) is 5.84 Å². The summed E-state index contributed by atoms with van der Waals surface area (Å²) >= 11 is 0. The maximum absolute atomic E-state index is 12.9. The highest BCUT2D eigenvalue weighted by Crippen LogP contribution is 2.16. The highest BCUT2D eigenvalue weighted by Gasteiger charge is 2.17. The van der Waals surface area contributed by atoms with Crippen LogP contribution in [0.2, 0.25) is 0 Å². The minimum atomic E-state index is -3.79. The number of amidine groups is 1. The van der Waals surface area contributed by atoms with E-state index in [0.29, 0.717) is 18.8 Å². The zero-order chi connectivity index (χ0) is 20.0. The fourth-order valence-corrected chi connectivity index (χ4v) is 3.93. The number of likely N-dealkylation sites (N-methyl/N-ethyl adjacent to an activating group) is 1. The molecule has 0 atom stereocenters. The van der Waals surface area contributed by atoms with E-state index in [1.807, 2.05) is 79.5 Å². The van der Waals surface area contributed by atoms with Crippen molar-refractivity contribution in [3.63, 3.8) is 0 Å². The molecule has 0 spiro atoms. The Kier molecular flexibility index (Phi) is 6.26. The number of hydrogen-bond acceptors (Lipinski definition) is 2. The van der Waals surface area contributed by atoms with Crippen LogP contribution in [0.15, 0.2) is 94.2 Å². The van der Waals surface area contributed by atoms with E-state index >= 15 is 0 Å². The Hall–Kier alpha value is -2.92. The zero-order valence-electron chi connectivity index (χ0n) is 16.1. The maximum Gasteiger partial charge on any atom is 0.283 e. The summed E-state index contributed by atoms with van der Waals surface area (Å²) in [5, 5.41) is 0. The smallest absolute Gasteiger partial charge is 0.283 e. The van der Waals surface area contributed by atoms with Gasteiger partial charge in [-0.2, -0.15) is 8.42 Å². The van der Waals surface area contributed by atoms with E-state index in [1.54, 1.807) is 24.3 Å². The number of benzene rings is 3. The highest BCUT2D eigenvalue weighted by atomic mass is 32.2. The Morgan fingerprint density at radius 3 is 1.93 bits per heavy atom. The van der Waals surface area contributed by atoms with Crippen LogP contribution in [0.1, 0.15) is 16.7 Å². The van der Waals surface area contributed by atoms with Crippen LogP contribution in [-0.4, -0.2) is 26.2 Å². The second kappa shape index (κ2) is 8.85. The van der Waals surface area contributed by atoms with Crippen molar-refractivity contribution in [1.29, 1.82) is 0 Å². The van der Waals surface area contributed by atoms with Crippen LogP contribution in [0.5, 0.6) is 0 Å². The molecular weight excluding hydrogens is 368 g/mol. The minimum absolute atomic E-state index is 0.205. The molecule has 5 heteroatoms. The van der Waals surface area contributed by atoms with E-state index in [4.69, 9.17) is 0 Å². The average molecular weight is 393 g/mol. The van der Waals surface area contributed by atoms with Crippen LogP contribution in [-0.2, 0) is 23.0 Å². The summed E-state index contributed by atoms with van der Waals surface area (Å²) in [5.41, 5.74) is 3.12. The van der Waals surface area contributed by atoms with Gasteiger partial charge < -0.3 is 4.90 Å². The first-order valence-corrected chi connectivity index (χ1v) is 10.6. The van der Waals surface area contributed by atoms with Gasteiger partial charge in [-0.05, 0) is 30.2 Å². The van der Waals surface area contributed by atoms with Gasteiger partial charge in [0.25, 0.3) is 10.0 Å². The van der Waals surface area contributed by atoms with E-state index in [-0.39, 0.29) is 4.90 Å². The molecule has 0 radical (unpaired) electrons. The fourth-order valence-electron chi connectivity index (χ4n) is 2.87. The van der Waals surface area contributed by atoms with Crippen molar-refractivity contribution in [2.75, 3.05) is 7.05 Å². The van der Waals surface area contributed by atoms with Crippen molar-refractivity contribution in [2.24, 2.45) is 4.40 Å². The lowest BCUT2D eigenvalue weighted by Crippen LogP contribution is -2.29. The van der Waals surface area contributed by atoms with Crippen molar-refractivity contribution in [3.05, 3.63) is 102 Å². The third-order valence-corrected chi connectivity index (χ3v) is 5.77. The molecule has 4 nitrogen and oxygen atoms in total. The summed E-state index contributed by atoms with van der Waals surface area (Å²) in [4.78, 5) is 2.10. The molecule has 0 aliphatic heterocycles. The Labute approximate surface area is 167 Å². The summed E-state index contributed by atoms with van der Waals surface area (Å²) in [7, 11) is -1.91. The standard InChI is InChI=1S/C23H24N2O2S/c1-19-13-15-22(16-14-19)28(26,27)24-23(17-20-9-5-3-6-10-20)25(2)18-21-11-7-4-8-12-21/h3-16H,17-18H2,1-2H3. The molecule has 144 valence electrons. The lowest BCUT2D eigenvalue weighted by Gasteiger charge is -2.21. The molecule has 0 aliphatic carbocycles. The first-order valence-electron chi connectivity index (χ1n) is 9.13. The number of rotatable bonds is 6. The average Bonchev–Trinajstić information content (AvgIpc) is 2.69. The van der Waals surface area contributed by atoms with Crippen molar-refractivity contribution in [3.8, 4) is 0 Å². The molecule has 0 aliphatic rings. The van der Waals surface area contributed by atoms with Gasteiger partial charge in [0.15, 0.2) is 0 Å². The molecule has 0 saturated carbocycles. The van der Waals surface area contributed by atoms with Gasteiger partial charge in [0, 0.05) is 20.0 Å². The molecule has 28 heavy (non-hydrogen) atoms. The van der Waals surface area contributed by atoms with Crippen molar-refractivity contribution in [2.45, 2.75) is 24.8 Å². The Morgan fingerprint density at radius 2 is 1.36 bits per heavy atom. The number of hydrogen-bond donors (Lipinski definition) is 0. The summed E-state index contributed by atoms with van der Waals surface area (Å²) in [5.74, 6) is 0.510. The maximum atomic E-state index is 12.9. The molecule has 3 aromatic rings. The molecule has 3 rings (SSSR count). The molecular formula is C23H24N2O2S. The van der Waals surface area contributed by atoms with Crippen molar-refractivity contribution in [1.82, 2.24) is 4.90 Å². The monoisotopic (exact) mass is 392 g/mol. The Balaban J connectivity index is 1.94. The van der Waals surface area contributed by atoms with E-state index in [0.717, 1.165) is 16.7 Å². The summed E-state index contributed by atoms with van der Waals surface area (Å²) in [6.07, 6.45) is 0.440. The van der Waals surface area contributed by atoms with Gasteiger partial charge in [-0.3, -0.25) is 0 Å². The predicted octanol–water partition coefficient (Wildman–Crippen LogP) is 4.46. The summed E-state index contributed by atoms with van der Waals surface area (Å²) in [6, 6.07) is 26.5. The van der Waals surface area contributed by atoms with Gasteiger partial charge >= 0.3 is 0 Å². The first kappa shape index (κ1) is 19.8. The Bertz CT molecular complexity index is 1030. The predicted molar refractivity (Wildman–Crippen MR) is 114 cm³/mol. The van der Waals surface area contributed by atoms with E-state index in [1.165, 1.54) is 0 Å². The third kappa shape index (κ3) is 5.30. The molecule has 0 heterocycles. The summed E-state index contributed by atoms with van der Waals surface area (Å²) in [6.45, 7) is 2.50. The molecule has 0 amide bonds. The molecule has 0 N–H and O–H groups in total. The normalized spacial score (nSPS) is 12.0. The second-order valence-electron chi connectivity index (χ2n) is 6.80. The second-order valence-corrected chi connectivity index (χ2v) is 8.40. The van der Waals surface area contributed by atoms with Crippen LogP contribution in [0.4, 0.5) is 0 Å². The SMILES string of the molecule is Cc1ccc(S(=O)(=O)N=C(Cc2ccccc2)N(C)Cc2ccccc2)cc1. The quantitative estimate of drug-likeness (QED) is 0.460. The van der Waals surface area contributed by atoms with Gasteiger partial charge in [0.2, 0.25) is 0 Å². The molecule has 3 aromatic carbocycles. The van der Waals surface area contributed by atoms with Crippen LogP contribution in [0.3, 0.4) is 0 Å². The van der Waals surface area contributed by atoms with Gasteiger partial charge in [-0.1, -0.05) is 78.4 Å². The number of aryl methyl sites for hydroxylation is 1. The van der Waals surface area contributed by atoms with Crippen molar-refractivity contribution >= 4 is 15.9 Å². The van der Waals surface area contributed by atoms with Gasteiger partial charge in [0.05, 0.1) is 4.90 Å². The topological polar surface area (TPSA) is 49.7 Å². The van der Waals surface area contributed by atoms with Gasteiger partial charge in [-0.15, -0.1) is 4.40 Å². The Morgan fingerprint density at radius 1 is 0.821 bits per heavy atom. The number of sulfonamides is 1. The van der Waals surface area contributed by atoms with Crippen LogP contribution in [0.25, 0.3) is 0 Å². The summed E-state index contributed by atoms with van der Waals surface area (Å²) < 4.78 is 30.0. The van der Waals surface area contributed by atoms with Crippen LogP contribution >= 0.6 is 0 Å². The lowest BCUT2D eigenvalue weighted by atomic mass is 10.1.